The summed E-state index contributed by atoms with van der Waals surface area (Å²) in [6.07, 6.45) is 1.45. The van der Waals surface area contributed by atoms with Crippen molar-refractivity contribution in [2.24, 2.45) is 0 Å². The summed E-state index contributed by atoms with van der Waals surface area (Å²) in [6.45, 7) is 0.586. The van der Waals surface area contributed by atoms with E-state index in [0.717, 1.165) is 10.8 Å². The number of fused-ring (bicyclic) bond motifs is 1. The van der Waals surface area contributed by atoms with Crippen molar-refractivity contribution in [1.82, 2.24) is 15.0 Å². The van der Waals surface area contributed by atoms with Gasteiger partial charge in [0.25, 0.3) is 0 Å². The van der Waals surface area contributed by atoms with Crippen LogP contribution in [-0.2, 0) is 6.54 Å². The van der Waals surface area contributed by atoms with Crippen LogP contribution in [0.25, 0.3) is 0 Å². The second-order valence-electron chi connectivity index (χ2n) is 2.22. The molecule has 0 saturated heterocycles. The van der Waals surface area contributed by atoms with E-state index in [1.807, 2.05) is 0 Å². The molecule has 1 N–H and O–H groups in total. The largest absolute Gasteiger partial charge is 0.390 e. The lowest BCUT2D eigenvalue weighted by Crippen LogP contribution is -2.24. The number of aliphatic hydroxyl groups excluding tert-OH is 1. The summed E-state index contributed by atoms with van der Waals surface area (Å²) < 4.78 is 1.72. The van der Waals surface area contributed by atoms with Crippen LogP contribution in [0.15, 0.2) is 11.2 Å². The quantitative estimate of drug-likeness (QED) is 0.564. The van der Waals surface area contributed by atoms with E-state index in [-0.39, 0.29) is 6.10 Å². The molecule has 0 amide bonds. The van der Waals surface area contributed by atoms with Crippen molar-refractivity contribution in [2.75, 3.05) is 5.75 Å². The highest BCUT2D eigenvalue weighted by atomic mass is 32.2. The molecule has 0 unspecified atom stereocenters. The van der Waals surface area contributed by atoms with Gasteiger partial charge in [-0.2, -0.15) is 0 Å². The maximum Gasteiger partial charge on any atom is 0.115 e. The molecule has 2 heterocycles. The van der Waals surface area contributed by atoms with Crippen LogP contribution in [0, 0.1) is 0 Å². The minimum Gasteiger partial charge on any atom is -0.390 e. The lowest BCUT2D eigenvalue weighted by atomic mass is 10.4. The molecule has 1 aromatic rings. The molecule has 4 nitrogen and oxygen atoms in total. The summed E-state index contributed by atoms with van der Waals surface area (Å²) in [7, 11) is 0. The molecule has 1 aromatic heterocycles. The van der Waals surface area contributed by atoms with Crippen LogP contribution in [0.1, 0.15) is 0 Å². The monoisotopic (exact) mass is 157 g/mol. The van der Waals surface area contributed by atoms with Gasteiger partial charge in [0, 0.05) is 5.75 Å². The Morgan fingerprint density at radius 2 is 2.70 bits per heavy atom. The molecule has 0 fully saturated rings. The third-order valence-corrected chi connectivity index (χ3v) is 2.55. The van der Waals surface area contributed by atoms with Crippen LogP contribution >= 0.6 is 11.8 Å². The molecule has 2 rings (SSSR count). The Bertz CT molecular complexity index is 237. The minimum absolute atomic E-state index is 0.265. The maximum absolute atomic E-state index is 9.16. The van der Waals surface area contributed by atoms with Gasteiger partial charge >= 0.3 is 0 Å². The van der Waals surface area contributed by atoms with Crippen LogP contribution in [-0.4, -0.2) is 32.0 Å². The molecule has 54 valence electrons. The Morgan fingerprint density at radius 1 is 1.80 bits per heavy atom. The lowest BCUT2D eigenvalue weighted by molar-refractivity contribution is 0.164. The predicted molar refractivity (Wildman–Crippen MR) is 36.8 cm³/mol. The van der Waals surface area contributed by atoms with Gasteiger partial charge in [-0.1, -0.05) is 5.21 Å². The zero-order valence-electron chi connectivity index (χ0n) is 5.27. The number of aliphatic hydroxyl groups is 1. The smallest absolute Gasteiger partial charge is 0.115 e. The zero-order valence-corrected chi connectivity index (χ0v) is 6.08. The van der Waals surface area contributed by atoms with E-state index >= 15 is 0 Å². The Hall–Kier alpha value is -0.550. The maximum atomic E-state index is 9.16. The van der Waals surface area contributed by atoms with Gasteiger partial charge in [0.05, 0.1) is 18.8 Å². The number of aromatic nitrogens is 3. The number of rotatable bonds is 0. The van der Waals surface area contributed by atoms with Crippen LogP contribution in [0.2, 0.25) is 0 Å². The average Bonchev–Trinajstić information content (AvgIpc) is 2.33. The molecule has 5 heteroatoms. The van der Waals surface area contributed by atoms with Crippen molar-refractivity contribution in [3.05, 3.63) is 6.20 Å². The van der Waals surface area contributed by atoms with Crippen molar-refractivity contribution in [3.63, 3.8) is 0 Å². The highest BCUT2D eigenvalue weighted by molar-refractivity contribution is 7.99. The molecule has 1 aliphatic rings. The highest BCUT2D eigenvalue weighted by Gasteiger charge is 2.16. The van der Waals surface area contributed by atoms with Gasteiger partial charge in [-0.15, -0.1) is 16.9 Å². The van der Waals surface area contributed by atoms with E-state index in [4.69, 9.17) is 5.11 Å². The third-order valence-electron chi connectivity index (χ3n) is 1.39. The summed E-state index contributed by atoms with van der Waals surface area (Å²) in [4.78, 5) is 0. The summed E-state index contributed by atoms with van der Waals surface area (Å²) in [6, 6.07) is 0. The van der Waals surface area contributed by atoms with Gasteiger partial charge in [-0.05, 0) is 0 Å². The molecule has 1 aliphatic heterocycles. The van der Waals surface area contributed by atoms with E-state index in [1.54, 1.807) is 22.6 Å². The van der Waals surface area contributed by atoms with Crippen molar-refractivity contribution in [1.29, 1.82) is 0 Å². The number of hydrogen-bond acceptors (Lipinski definition) is 4. The van der Waals surface area contributed by atoms with Gasteiger partial charge in [0.1, 0.15) is 5.03 Å². The number of thioether (sulfide) groups is 1. The van der Waals surface area contributed by atoms with Gasteiger partial charge < -0.3 is 5.11 Å². The fourth-order valence-electron chi connectivity index (χ4n) is 0.920. The Kier molecular flexibility index (Phi) is 1.39. The number of nitrogens with zero attached hydrogens (tertiary/aromatic N) is 3. The third kappa shape index (κ3) is 0.911. The first kappa shape index (κ1) is 6.18. The van der Waals surface area contributed by atoms with Gasteiger partial charge in [0.15, 0.2) is 0 Å². The summed E-state index contributed by atoms with van der Waals surface area (Å²) >= 11 is 1.59. The Labute approximate surface area is 62.2 Å². The van der Waals surface area contributed by atoms with Crippen LogP contribution < -0.4 is 0 Å². The summed E-state index contributed by atoms with van der Waals surface area (Å²) in [5.74, 6) is 0.757. The molecular weight excluding hydrogens is 150 g/mol. The second-order valence-corrected chi connectivity index (χ2v) is 3.26. The SMILES string of the molecule is O[C@H]1CSc2cnnn2C1. The molecule has 1 atom stereocenters. The van der Waals surface area contributed by atoms with Crippen molar-refractivity contribution >= 4 is 11.8 Å². The van der Waals surface area contributed by atoms with E-state index in [1.165, 1.54) is 0 Å². The molecule has 0 radical (unpaired) electrons. The minimum atomic E-state index is -0.265. The molecule has 0 aliphatic carbocycles. The van der Waals surface area contributed by atoms with Crippen LogP contribution in [0.5, 0.6) is 0 Å². The fourth-order valence-corrected chi connectivity index (χ4v) is 1.77. The molecule has 10 heavy (non-hydrogen) atoms. The first-order valence-electron chi connectivity index (χ1n) is 3.05. The molecular formula is C5H7N3OS. The van der Waals surface area contributed by atoms with Gasteiger partial charge in [-0.3, -0.25) is 0 Å². The van der Waals surface area contributed by atoms with Crippen LogP contribution in [0.3, 0.4) is 0 Å². The highest BCUT2D eigenvalue weighted by Crippen LogP contribution is 2.22. The topological polar surface area (TPSA) is 50.9 Å². The predicted octanol–water partition coefficient (Wildman–Crippen LogP) is -0.255. The van der Waals surface area contributed by atoms with Gasteiger partial charge in [0.2, 0.25) is 0 Å². The van der Waals surface area contributed by atoms with E-state index in [0.29, 0.717) is 6.54 Å². The summed E-state index contributed by atoms with van der Waals surface area (Å²) in [5, 5.41) is 17.7. The van der Waals surface area contributed by atoms with Crippen molar-refractivity contribution < 1.29 is 5.11 Å². The van der Waals surface area contributed by atoms with E-state index in [2.05, 4.69) is 10.3 Å². The Balaban J connectivity index is 2.30. The molecule has 0 spiro atoms. The van der Waals surface area contributed by atoms with E-state index < -0.39 is 0 Å². The number of hydrogen-bond donors (Lipinski definition) is 1. The van der Waals surface area contributed by atoms with Gasteiger partial charge in [-0.25, -0.2) is 4.68 Å². The van der Waals surface area contributed by atoms with Crippen LogP contribution in [0.4, 0.5) is 0 Å². The lowest BCUT2D eigenvalue weighted by Gasteiger charge is -2.16. The molecule has 0 bridgehead atoms. The molecule has 0 saturated carbocycles. The normalized spacial score (nSPS) is 24.3. The first-order chi connectivity index (χ1) is 4.86. The fraction of sp³-hybridized carbons (Fsp3) is 0.600. The second kappa shape index (κ2) is 2.25. The van der Waals surface area contributed by atoms with Crippen molar-refractivity contribution in [2.45, 2.75) is 17.7 Å². The Morgan fingerprint density at radius 3 is 3.60 bits per heavy atom. The first-order valence-corrected chi connectivity index (χ1v) is 4.04. The van der Waals surface area contributed by atoms with E-state index in [9.17, 15) is 0 Å². The zero-order chi connectivity index (χ0) is 6.97. The van der Waals surface area contributed by atoms with Crippen molar-refractivity contribution in [3.8, 4) is 0 Å². The summed E-state index contributed by atoms with van der Waals surface area (Å²) in [5.41, 5.74) is 0. The molecule has 0 aromatic carbocycles. The average molecular weight is 157 g/mol. The standard InChI is InChI=1S/C5H7N3OS/c9-4-2-8-5(10-3-4)1-6-7-8/h1,4,9H,2-3H2/t4-/m1/s1.